The van der Waals surface area contributed by atoms with Crippen molar-refractivity contribution in [2.45, 2.75) is 79.2 Å². The first-order valence-electron chi connectivity index (χ1n) is 8.27. The summed E-state index contributed by atoms with van der Waals surface area (Å²) in [5.74, 6) is 3.67. The van der Waals surface area contributed by atoms with Crippen molar-refractivity contribution in [1.29, 1.82) is 0 Å². The van der Waals surface area contributed by atoms with Crippen LogP contribution in [-0.4, -0.2) is 12.6 Å². The summed E-state index contributed by atoms with van der Waals surface area (Å²) in [5.41, 5.74) is 0. The third-order valence-corrected chi connectivity index (χ3v) is 4.85. The van der Waals surface area contributed by atoms with Gasteiger partial charge in [0.2, 0.25) is 0 Å². The van der Waals surface area contributed by atoms with E-state index in [9.17, 15) is 0 Å². The molecular formula is C17H35N. The van der Waals surface area contributed by atoms with Crippen molar-refractivity contribution in [3.63, 3.8) is 0 Å². The molecule has 18 heavy (non-hydrogen) atoms. The lowest BCUT2D eigenvalue weighted by Gasteiger charge is -2.36. The topological polar surface area (TPSA) is 12.0 Å². The molecule has 1 aliphatic rings. The number of hydrogen-bond acceptors (Lipinski definition) is 1. The summed E-state index contributed by atoms with van der Waals surface area (Å²) in [5, 5.41) is 3.75. The minimum Gasteiger partial charge on any atom is -0.314 e. The van der Waals surface area contributed by atoms with Gasteiger partial charge in [0, 0.05) is 6.04 Å². The molecule has 1 N–H and O–H groups in total. The zero-order valence-electron chi connectivity index (χ0n) is 13.3. The van der Waals surface area contributed by atoms with Crippen LogP contribution in [0.4, 0.5) is 0 Å². The molecule has 1 atom stereocenters. The Labute approximate surface area is 115 Å². The third kappa shape index (κ3) is 5.30. The molecule has 0 aromatic carbocycles. The molecule has 108 valence electrons. The summed E-state index contributed by atoms with van der Waals surface area (Å²) in [7, 11) is 0. The van der Waals surface area contributed by atoms with Gasteiger partial charge in [-0.3, -0.25) is 0 Å². The van der Waals surface area contributed by atoms with Crippen LogP contribution in [0, 0.1) is 23.7 Å². The van der Waals surface area contributed by atoms with Crippen LogP contribution >= 0.6 is 0 Å². The van der Waals surface area contributed by atoms with E-state index in [2.05, 4.69) is 39.9 Å². The van der Waals surface area contributed by atoms with Crippen LogP contribution in [0.2, 0.25) is 0 Å². The highest BCUT2D eigenvalue weighted by molar-refractivity contribution is 4.82. The average Bonchev–Trinajstić information content (AvgIpc) is 2.34. The van der Waals surface area contributed by atoms with Gasteiger partial charge in [0.15, 0.2) is 0 Å². The van der Waals surface area contributed by atoms with E-state index >= 15 is 0 Å². The maximum Gasteiger partial charge on any atom is 0.00953 e. The molecule has 0 radical (unpaired) electrons. The van der Waals surface area contributed by atoms with Crippen molar-refractivity contribution in [3.8, 4) is 0 Å². The SMILES string of the molecule is CCNC(CCC(C)C)C1CCC(C(C)C)CC1. The van der Waals surface area contributed by atoms with Crippen LogP contribution in [-0.2, 0) is 0 Å². The van der Waals surface area contributed by atoms with Gasteiger partial charge in [-0.25, -0.2) is 0 Å². The molecule has 1 fully saturated rings. The van der Waals surface area contributed by atoms with Gasteiger partial charge < -0.3 is 5.32 Å². The highest BCUT2D eigenvalue weighted by atomic mass is 14.9. The highest BCUT2D eigenvalue weighted by Gasteiger charge is 2.28. The zero-order valence-corrected chi connectivity index (χ0v) is 13.3. The van der Waals surface area contributed by atoms with E-state index in [1.165, 1.54) is 38.5 Å². The van der Waals surface area contributed by atoms with E-state index in [1.54, 1.807) is 0 Å². The van der Waals surface area contributed by atoms with E-state index in [-0.39, 0.29) is 0 Å². The summed E-state index contributed by atoms with van der Waals surface area (Å²) in [4.78, 5) is 0. The van der Waals surface area contributed by atoms with Crippen LogP contribution in [0.25, 0.3) is 0 Å². The van der Waals surface area contributed by atoms with Gasteiger partial charge in [-0.1, -0.05) is 34.6 Å². The molecule has 0 bridgehead atoms. The molecule has 1 aliphatic carbocycles. The second-order valence-electron chi connectivity index (χ2n) is 7.05. The Hall–Kier alpha value is -0.0400. The molecule has 0 saturated heterocycles. The van der Waals surface area contributed by atoms with Crippen LogP contribution < -0.4 is 5.32 Å². The lowest BCUT2D eigenvalue weighted by Crippen LogP contribution is -2.38. The van der Waals surface area contributed by atoms with Crippen molar-refractivity contribution in [1.82, 2.24) is 5.32 Å². The Kier molecular flexibility index (Phi) is 7.29. The van der Waals surface area contributed by atoms with Gasteiger partial charge in [-0.15, -0.1) is 0 Å². The van der Waals surface area contributed by atoms with E-state index in [0.717, 1.165) is 36.3 Å². The molecule has 1 rings (SSSR count). The summed E-state index contributed by atoms with van der Waals surface area (Å²) >= 11 is 0. The molecular weight excluding hydrogens is 218 g/mol. The maximum atomic E-state index is 3.75. The van der Waals surface area contributed by atoms with E-state index < -0.39 is 0 Å². The summed E-state index contributed by atoms with van der Waals surface area (Å²) in [6.07, 6.45) is 8.60. The minimum atomic E-state index is 0.783. The van der Waals surface area contributed by atoms with E-state index in [4.69, 9.17) is 0 Å². The van der Waals surface area contributed by atoms with Crippen LogP contribution in [0.1, 0.15) is 73.1 Å². The smallest absolute Gasteiger partial charge is 0.00953 e. The largest absolute Gasteiger partial charge is 0.314 e. The van der Waals surface area contributed by atoms with Gasteiger partial charge in [-0.2, -0.15) is 0 Å². The van der Waals surface area contributed by atoms with Crippen LogP contribution in [0.15, 0.2) is 0 Å². The van der Waals surface area contributed by atoms with Gasteiger partial charge in [0.25, 0.3) is 0 Å². The predicted octanol–water partition coefficient (Wildman–Crippen LogP) is 4.86. The first kappa shape index (κ1) is 16.0. The number of hydrogen-bond donors (Lipinski definition) is 1. The molecule has 0 spiro atoms. The Bertz CT molecular complexity index is 202. The summed E-state index contributed by atoms with van der Waals surface area (Å²) in [6.45, 7) is 12.9. The number of nitrogens with one attached hydrogen (secondary N) is 1. The molecule has 0 heterocycles. The molecule has 1 nitrogen and oxygen atoms in total. The standard InChI is InChI=1S/C17H35N/c1-6-18-17(12-7-13(2)3)16-10-8-15(9-11-16)14(4)5/h13-18H,6-12H2,1-5H3. The molecule has 0 aromatic heterocycles. The normalized spacial score (nSPS) is 26.8. The number of rotatable bonds is 7. The lowest BCUT2D eigenvalue weighted by atomic mass is 9.73. The Morgan fingerprint density at radius 3 is 1.89 bits per heavy atom. The van der Waals surface area contributed by atoms with Crippen molar-refractivity contribution in [2.24, 2.45) is 23.7 Å². The first-order chi connectivity index (χ1) is 8.54. The molecule has 0 aliphatic heterocycles. The fraction of sp³-hybridized carbons (Fsp3) is 1.00. The van der Waals surface area contributed by atoms with Gasteiger partial charge in [-0.05, 0) is 68.7 Å². The minimum absolute atomic E-state index is 0.783. The zero-order chi connectivity index (χ0) is 13.5. The maximum absolute atomic E-state index is 3.75. The molecule has 0 aromatic rings. The van der Waals surface area contributed by atoms with Crippen molar-refractivity contribution < 1.29 is 0 Å². The second-order valence-corrected chi connectivity index (χ2v) is 7.05. The Balaban J connectivity index is 2.39. The van der Waals surface area contributed by atoms with Crippen LogP contribution in [0.3, 0.4) is 0 Å². The van der Waals surface area contributed by atoms with Crippen molar-refractivity contribution >= 4 is 0 Å². The molecule has 0 amide bonds. The van der Waals surface area contributed by atoms with Crippen molar-refractivity contribution in [2.75, 3.05) is 6.54 Å². The summed E-state index contributed by atoms with van der Waals surface area (Å²) < 4.78 is 0. The molecule has 1 saturated carbocycles. The highest BCUT2D eigenvalue weighted by Crippen LogP contribution is 2.35. The lowest BCUT2D eigenvalue weighted by molar-refractivity contribution is 0.181. The fourth-order valence-corrected chi connectivity index (χ4v) is 3.49. The molecule has 1 heteroatoms. The van der Waals surface area contributed by atoms with Gasteiger partial charge >= 0.3 is 0 Å². The van der Waals surface area contributed by atoms with E-state index in [1.807, 2.05) is 0 Å². The predicted molar refractivity (Wildman–Crippen MR) is 81.8 cm³/mol. The summed E-state index contributed by atoms with van der Waals surface area (Å²) in [6, 6.07) is 0.783. The first-order valence-corrected chi connectivity index (χ1v) is 8.27. The monoisotopic (exact) mass is 253 g/mol. The quantitative estimate of drug-likeness (QED) is 0.683. The Morgan fingerprint density at radius 2 is 1.44 bits per heavy atom. The third-order valence-electron chi connectivity index (χ3n) is 4.85. The molecule has 1 unspecified atom stereocenters. The van der Waals surface area contributed by atoms with Gasteiger partial charge in [0.05, 0.1) is 0 Å². The fourth-order valence-electron chi connectivity index (χ4n) is 3.49. The Morgan fingerprint density at radius 1 is 0.889 bits per heavy atom. The van der Waals surface area contributed by atoms with Crippen LogP contribution in [0.5, 0.6) is 0 Å². The second kappa shape index (κ2) is 8.19. The average molecular weight is 253 g/mol. The van der Waals surface area contributed by atoms with Gasteiger partial charge in [0.1, 0.15) is 0 Å². The van der Waals surface area contributed by atoms with Crippen molar-refractivity contribution in [3.05, 3.63) is 0 Å². The van der Waals surface area contributed by atoms with E-state index in [0.29, 0.717) is 0 Å².